The minimum atomic E-state index is -1.11. The van der Waals surface area contributed by atoms with E-state index in [-0.39, 0.29) is 24.8 Å². The molecule has 0 spiro atoms. The molecule has 1 atom stereocenters. The summed E-state index contributed by atoms with van der Waals surface area (Å²) in [5.41, 5.74) is 0.436. The Morgan fingerprint density at radius 1 is 1.31 bits per heavy atom. The van der Waals surface area contributed by atoms with Crippen LogP contribution in [0.2, 0.25) is 5.02 Å². The summed E-state index contributed by atoms with van der Waals surface area (Å²) in [6.45, 7) is 0.0596. The standard InChI is InChI=1S/C18H23ClN2O5/c1-26-14-7-6-12(19)10-13(14)21-15(22)8-9-20-17(23)16(18(24)25)11-4-2-3-5-11/h6-7,10-11,16H,2-5,8-9H2,1H3,(H,20,23)(H,21,22)(H,24,25). The number of carboxylic acid groups (broad SMARTS) is 1. The number of rotatable bonds is 8. The van der Waals surface area contributed by atoms with Crippen molar-refractivity contribution in [3.63, 3.8) is 0 Å². The number of benzene rings is 1. The highest BCUT2D eigenvalue weighted by Crippen LogP contribution is 2.32. The van der Waals surface area contributed by atoms with Gasteiger partial charge in [-0.15, -0.1) is 0 Å². The number of methoxy groups -OCH3 is 1. The quantitative estimate of drug-likeness (QED) is 0.599. The second-order valence-corrected chi connectivity index (χ2v) is 6.73. The van der Waals surface area contributed by atoms with E-state index in [1.807, 2.05) is 0 Å². The molecule has 1 unspecified atom stereocenters. The number of aliphatic carboxylic acids is 1. The van der Waals surface area contributed by atoms with Gasteiger partial charge in [0.05, 0.1) is 12.8 Å². The minimum absolute atomic E-state index is 0.0123. The Kier molecular flexibility index (Phi) is 7.26. The van der Waals surface area contributed by atoms with Crippen LogP contribution in [0.3, 0.4) is 0 Å². The topological polar surface area (TPSA) is 105 Å². The van der Waals surface area contributed by atoms with Crippen molar-refractivity contribution in [3.05, 3.63) is 23.2 Å². The van der Waals surface area contributed by atoms with Gasteiger partial charge < -0.3 is 20.5 Å². The summed E-state index contributed by atoms with van der Waals surface area (Å²) in [5, 5.41) is 15.0. The van der Waals surface area contributed by atoms with Crippen molar-refractivity contribution >= 4 is 35.1 Å². The number of ether oxygens (including phenoxy) is 1. The summed E-state index contributed by atoms with van der Waals surface area (Å²) in [7, 11) is 1.48. The minimum Gasteiger partial charge on any atom is -0.495 e. The molecule has 142 valence electrons. The van der Waals surface area contributed by atoms with Crippen LogP contribution < -0.4 is 15.4 Å². The van der Waals surface area contributed by atoms with Gasteiger partial charge in [-0.2, -0.15) is 0 Å². The average Bonchev–Trinajstić information content (AvgIpc) is 3.08. The maximum absolute atomic E-state index is 12.2. The van der Waals surface area contributed by atoms with Crippen LogP contribution in [0.1, 0.15) is 32.1 Å². The van der Waals surface area contributed by atoms with Crippen molar-refractivity contribution in [2.45, 2.75) is 32.1 Å². The maximum atomic E-state index is 12.2. The first-order valence-electron chi connectivity index (χ1n) is 8.56. The van der Waals surface area contributed by atoms with Crippen molar-refractivity contribution in [3.8, 4) is 5.75 Å². The van der Waals surface area contributed by atoms with Gasteiger partial charge in [0.25, 0.3) is 0 Å². The van der Waals surface area contributed by atoms with Crippen molar-refractivity contribution < 1.29 is 24.2 Å². The molecule has 7 nitrogen and oxygen atoms in total. The predicted molar refractivity (Wildman–Crippen MR) is 97.3 cm³/mol. The van der Waals surface area contributed by atoms with Gasteiger partial charge in [0.1, 0.15) is 11.7 Å². The number of anilines is 1. The molecule has 0 heterocycles. The van der Waals surface area contributed by atoms with Crippen molar-refractivity contribution in [2.75, 3.05) is 19.0 Å². The van der Waals surface area contributed by atoms with Crippen molar-refractivity contribution in [1.82, 2.24) is 5.32 Å². The lowest BCUT2D eigenvalue weighted by molar-refractivity contribution is -0.149. The summed E-state index contributed by atoms with van der Waals surface area (Å²) in [5.74, 6) is -2.68. The van der Waals surface area contributed by atoms with Crippen LogP contribution in [0.5, 0.6) is 5.75 Å². The SMILES string of the molecule is COc1ccc(Cl)cc1NC(=O)CCNC(=O)C(C(=O)O)C1CCCC1. The lowest BCUT2D eigenvalue weighted by Gasteiger charge is -2.18. The number of carboxylic acids is 1. The number of carbonyl (C=O) groups excluding carboxylic acids is 2. The molecule has 1 aliphatic carbocycles. The fraction of sp³-hybridized carbons (Fsp3) is 0.500. The molecule has 3 N–H and O–H groups in total. The summed E-state index contributed by atoms with van der Waals surface area (Å²) in [6, 6.07) is 4.85. The number of nitrogens with one attached hydrogen (secondary N) is 2. The number of amides is 2. The van der Waals surface area contributed by atoms with E-state index in [2.05, 4.69) is 10.6 Å². The number of hydrogen-bond donors (Lipinski definition) is 3. The van der Waals surface area contributed by atoms with E-state index < -0.39 is 17.8 Å². The van der Waals surface area contributed by atoms with Gasteiger partial charge in [-0.05, 0) is 37.0 Å². The van der Waals surface area contributed by atoms with E-state index >= 15 is 0 Å². The van der Waals surface area contributed by atoms with Gasteiger partial charge in [-0.3, -0.25) is 14.4 Å². The van der Waals surface area contributed by atoms with Crippen LogP contribution in [-0.4, -0.2) is 36.5 Å². The number of carbonyl (C=O) groups is 3. The molecular weight excluding hydrogens is 360 g/mol. The third-order valence-corrected chi connectivity index (χ3v) is 4.74. The zero-order valence-corrected chi connectivity index (χ0v) is 15.3. The van der Waals surface area contributed by atoms with Gasteiger partial charge in [-0.25, -0.2) is 0 Å². The third-order valence-electron chi connectivity index (χ3n) is 4.51. The fourth-order valence-electron chi connectivity index (χ4n) is 3.22. The van der Waals surface area contributed by atoms with E-state index in [9.17, 15) is 19.5 Å². The van der Waals surface area contributed by atoms with Crippen LogP contribution in [0, 0.1) is 11.8 Å². The Bertz CT molecular complexity index is 674. The lowest BCUT2D eigenvalue weighted by atomic mass is 9.90. The van der Waals surface area contributed by atoms with Crippen LogP contribution >= 0.6 is 11.6 Å². The normalized spacial score (nSPS) is 15.3. The van der Waals surface area contributed by atoms with E-state index in [0.717, 1.165) is 25.7 Å². The second-order valence-electron chi connectivity index (χ2n) is 6.29. The molecule has 26 heavy (non-hydrogen) atoms. The highest BCUT2D eigenvalue weighted by molar-refractivity contribution is 6.31. The Morgan fingerprint density at radius 2 is 2.00 bits per heavy atom. The first-order valence-corrected chi connectivity index (χ1v) is 8.94. The Labute approximate surface area is 157 Å². The van der Waals surface area contributed by atoms with Crippen molar-refractivity contribution in [1.29, 1.82) is 0 Å². The first kappa shape index (κ1) is 20.0. The van der Waals surface area contributed by atoms with Crippen LogP contribution in [-0.2, 0) is 14.4 Å². The van der Waals surface area contributed by atoms with Gasteiger partial charge in [-0.1, -0.05) is 24.4 Å². The monoisotopic (exact) mass is 382 g/mol. The second kappa shape index (κ2) is 9.43. The molecular formula is C18H23ClN2O5. The molecule has 0 aliphatic heterocycles. The van der Waals surface area contributed by atoms with E-state index in [1.54, 1.807) is 18.2 Å². The highest BCUT2D eigenvalue weighted by atomic mass is 35.5. The van der Waals surface area contributed by atoms with Gasteiger partial charge in [0.15, 0.2) is 0 Å². The average molecular weight is 383 g/mol. The largest absolute Gasteiger partial charge is 0.495 e. The predicted octanol–water partition coefficient (Wildman–Crippen LogP) is 2.68. The zero-order valence-electron chi connectivity index (χ0n) is 14.6. The molecule has 1 saturated carbocycles. The van der Waals surface area contributed by atoms with Crippen LogP contribution in [0.4, 0.5) is 5.69 Å². The molecule has 0 radical (unpaired) electrons. The first-order chi connectivity index (χ1) is 12.4. The van der Waals surface area contributed by atoms with E-state index in [4.69, 9.17) is 16.3 Å². The Balaban J connectivity index is 1.84. The molecule has 0 aromatic heterocycles. The van der Waals surface area contributed by atoms with E-state index in [1.165, 1.54) is 7.11 Å². The lowest BCUT2D eigenvalue weighted by Crippen LogP contribution is -2.40. The highest BCUT2D eigenvalue weighted by Gasteiger charge is 2.36. The van der Waals surface area contributed by atoms with Gasteiger partial charge in [0.2, 0.25) is 11.8 Å². The van der Waals surface area contributed by atoms with E-state index in [0.29, 0.717) is 16.5 Å². The summed E-state index contributed by atoms with van der Waals surface area (Å²) in [6.07, 6.45) is 3.41. The molecule has 1 fully saturated rings. The number of halogens is 1. The molecule has 1 aromatic carbocycles. The molecule has 1 aromatic rings. The molecule has 0 bridgehead atoms. The van der Waals surface area contributed by atoms with Crippen LogP contribution in [0.15, 0.2) is 18.2 Å². The molecule has 1 aliphatic rings. The molecule has 0 saturated heterocycles. The summed E-state index contributed by atoms with van der Waals surface area (Å²) >= 11 is 5.91. The van der Waals surface area contributed by atoms with Crippen LogP contribution in [0.25, 0.3) is 0 Å². The smallest absolute Gasteiger partial charge is 0.316 e. The van der Waals surface area contributed by atoms with Gasteiger partial charge >= 0.3 is 5.97 Å². The van der Waals surface area contributed by atoms with Gasteiger partial charge in [0, 0.05) is 18.0 Å². The third kappa shape index (κ3) is 5.36. The molecule has 2 rings (SSSR count). The Morgan fingerprint density at radius 3 is 2.62 bits per heavy atom. The molecule has 8 heteroatoms. The summed E-state index contributed by atoms with van der Waals surface area (Å²) < 4.78 is 5.15. The maximum Gasteiger partial charge on any atom is 0.316 e. The molecule has 2 amide bonds. The summed E-state index contributed by atoms with van der Waals surface area (Å²) in [4.78, 5) is 35.7. The Hall–Kier alpha value is -2.28. The fourth-order valence-corrected chi connectivity index (χ4v) is 3.39. The zero-order chi connectivity index (χ0) is 19.1. The van der Waals surface area contributed by atoms with Crippen molar-refractivity contribution in [2.24, 2.45) is 11.8 Å². The number of hydrogen-bond acceptors (Lipinski definition) is 4.